The van der Waals surface area contributed by atoms with E-state index in [-0.39, 0.29) is 34.8 Å². The quantitative estimate of drug-likeness (QED) is 0.200. The van der Waals surface area contributed by atoms with Gasteiger partial charge in [0.15, 0.2) is 6.54 Å². The molecule has 4 aromatic rings. The molecule has 1 atom stereocenters. The van der Waals surface area contributed by atoms with Gasteiger partial charge in [-0.1, -0.05) is 6.07 Å². The van der Waals surface area contributed by atoms with E-state index in [9.17, 15) is 32.8 Å². The van der Waals surface area contributed by atoms with Crippen molar-refractivity contribution in [3.8, 4) is 28.8 Å². The zero-order chi connectivity index (χ0) is 36.7. The number of imidazole rings is 1. The van der Waals surface area contributed by atoms with Crippen LogP contribution in [0.2, 0.25) is 0 Å². The molecule has 0 aliphatic heterocycles. The van der Waals surface area contributed by atoms with Crippen LogP contribution in [0.5, 0.6) is 0 Å². The number of likely N-dealkylation sites (N-methyl/N-ethyl adjacent to an activating group) is 1. The van der Waals surface area contributed by atoms with Gasteiger partial charge in [-0.3, -0.25) is 14.2 Å². The van der Waals surface area contributed by atoms with Crippen LogP contribution in [0.15, 0.2) is 65.6 Å². The predicted octanol–water partition coefficient (Wildman–Crippen LogP) is 6.13. The van der Waals surface area contributed by atoms with E-state index in [0.717, 1.165) is 53.4 Å². The first kappa shape index (κ1) is 35.9. The summed E-state index contributed by atoms with van der Waals surface area (Å²) in [4.78, 5) is 40.6. The lowest BCUT2D eigenvalue weighted by Crippen LogP contribution is -2.45. The van der Waals surface area contributed by atoms with Gasteiger partial charge in [0.2, 0.25) is 5.91 Å². The molecule has 0 radical (unpaired) electrons. The van der Waals surface area contributed by atoms with Gasteiger partial charge >= 0.3 is 11.9 Å². The lowest BCUT2D eigenvalue weighted by atomic mass is 9.78. The van der Waals surface area contributed by atoms with Crippen molar-refractivity contribution in [1.29, 1.82) is 5.26 Å². The summed E-state index contributed by atoms with van der Waals surface area (Å²) in [6.07, 6.45) is 2.68. The Morgan fingerprint density at radius 3 is 2.41 bits per heavy atom. The number of rotatable bonds is 10. The number of alkyl halides is 3. The highest BCUT2D eigenvalue weighted by Crippen LogP contribution is 2.63. The standard InChI is InChI=1S/C38H42F3N7O3/c1-25-35(32-16-19-44-47(32)30-11-8-26(22-42)9-12-30)46(36(51)45(25)31-7-5-6-28(20-31)38(39,40)41)34(50)13-10-29-21-37(29)17-14-27(15-18-37)23-43-33(49)24-48(2,3)4/h5-9,11-12,16,19-20,27,29H,10,13-15,17-18,21,23-24H2,1-4H3/p+1/t27?,29-,37?/m0/s1. The third-order valence-electron chi connectivity index (χ3n) is 10.5. The van der Waals surface area contributed by atoms with E-state index >= 15 is 0 Å². The van der Waals surface area contributed by atoms with Gasteiger partial charge in [-0.25, -0.2) is 14.0 Å². The molecule has 2 aliphatic carbocycles. The summed E-state index contributed by atoms with van der Waals surface area (Å²) in [6.45, 7) is 2.71. The van der Waals surface area contributed by atoms with Crippen molar-refractivity contribution in [2.24, 2.45) is 17.3 Å². The molecule has 1 spiro atoms. The highest BCUT2D eigenvalue weighted by molar-refractivity contribution is 5.85. The molecule has 2 heterocycles. The van der Waals surface area contributed by atoms with Gasteiger partial charge in [0, 0.05) is 13.0 Å². The smallest absolute Gasteiger partial charge is 0.351 e. The lowest BCUT2D eigenvalue weighted by molar-refractivity contribution is -0.862. The van der Waals surface area contributed by atoms with Crippen LogP contribution in [-0.2, 0) is 11.0 Å². The molecule has 10 nitrogen and oxygen atoms in total. The molecule has 6 rings (SSSR count). The van der Waals surface area contributed by atoms with E-state index in [1.165, 1.54) is 18.3 Å². The Kier molecular flexibility index (Phi) is 9.59. The zero-order valence-corrected chi connectivity index (χ0v) is 29.3. The fraction of sp³-hybridized carbons (Fsp3) is 0.447. The van der Waals surface area contributed by atoms with E-state index in [1.54, 1.807) is 41.9 Å². The Balaban J connectivity index is 1.24. The number of nitrogens with zero attached hydrogens (tertiary/aromatic N) is 6. The van der Waals surface area contributed by atoms with Crippen LogP contribution in [0.1, 0.15) is 66.6 Å². The largest absolute Gasteiger partial charge is 0.416 e. The maximum atomic E-state index is 14.1. The van der Waals surface area contributed by atoms with Crippen LogP contribution in [0, 0.1) is 35.5 Å². The van der Waals surface area contributed by atoms with Gasteiger partial charge in [0.25, 0.3) is 5.91 Å². The first-order valence-corrected chi connectivity index (χ1v) is 17.3. The second-order valence-electron chi connectivity index (χ2n) is 15.1. The van der Waals surface area contributed by atoms with Crippen LogP contribution in [0.4, 0.5) is 13.2 Å². The summed E-state index contributed by atoms with van der Waals surface area (Å²) in [5.74, 6) is 0.380. The lowest BCUT2D eigenvalue weighted by Gasteiger charge is -2.30. The van der Waals surface area contributed by atoms with Crippen LogP contribution >= 0.6 is 0 Å². The summed E-state index contributed by atoms with van der Waals surface area (Å²) < 4.78 is 45.4. The second kappa shape index (κ2) is 13.6. The number of quaternary nitrogens is 1. The fourth-order valence-electron chi connectivity index (χ4n) is 7.69. The minimum Gasteiger partial charge on any atom is -0.351 e. The molecule has 13 heteroatoms. The second-order valence-corrected chi connectivity index (χ2v) is 15.1. The minimum absolute atomic E-state index is 0.00358. The molecule has 51 heavy (non-hydrogen) atoms. The van der Waals surface area contributed by atoms with Crippen molar-refractivity contribution in [2.75, 3.05) is 34.2 Å². The number of nitrogens with one attached hydrogen (secondary N) is 1. The zero-order valence-electron chi connectivity index (χ0n) is 29.3. The maximum Gasteiger partial charge on any atom is 0.416 e. The molecule has 0 bridgehead atoms. The van der Waals surface area contributed by atoms with Crippen LogP contribution < -0.4 is 11.0 Å². The van der Waals surface area contributed by atoms with Crippen LogP contribution in [-0.4, -0.2) is 69.4 Å². The summed E-state index contributed by atoms with van der Waals surface area (Å²) in [5.41, 5.74) is 0.465. The van der Waals surface area contributed by atoms with Crippen LogP contribution in [0.3, 0.4) is 0 Å². The van der Waals surface area contributed by atoms with Gasteiger partial charge < -0.3 is 9.80 Å². The monoisotopic (exact) mass is 702 g/mol. The molecule has 0 saturated heterocycles. The summed E-state index contributed by atoms with van der Waals surface area (Å²) in [5, 5.41) is 16.8. The van der Waals surface area contributed by atoms with Crippen molar-refractivity contribution in [3.05, 3.63) is 88.1 Å². The predicted molar refractivity (Wildman–Crippen MR) is 185 cm³/mol. The van der Waals surface area contributed by atoms with E-state index < -0.39 is 23.3 Å². The number of amides is 1. The minimum atomic E-state index is -4.62. The molecule has 2 aromatic carbocycles. The molecular formula is C38H43F3N7O3+. The molecule has 268 valence electrons. The summed E-state index contributed by atoms with van der Waals surface area (Å²) in [6, 6.07) is 14.9. The van der Waals surface area contributed by atoms with Crippen molar-refractivity contribution in [3.63, 3.8) is 0 Å². The van der Waals surface area contributed by atoms with Crippen LogP contribution in [0.25, 0.3) is 22.8 Å². The number of benzene rings is 2. The van der Waals surface area contributed by atoms with Gasteiger partial charge in [0.05, 0.1) is 73.0 Å². The number of carbonyl (C=O) groups excluding carboxylic acids is 2. The fourth-order valence-corrected chi connectivity index (χ4v) is 7.69. The van der Waals surface area contributed by atoms with Crippen molar-refractivity contribution >= 4 is 11.8 Å². The van der Waals surface area contributed by atoms with E-state index in [2.05, 4.69) is 16.5 Å². The van der Waals surface area contributed by atoms with Gasteiger partial charge in [-0.05, 0) is 111 Å². The normalized spacial score (nSPS) is 20.3. The topological polar surface area (TPSA) is 115 Å². The number of carbonyl (C=O) groups is 2. The molecule has 0 unspecified atom stereocenters. The Morgan fingerprint density at radius 2 is 1.76 bits per heavy atom. The van der Waals surface area contributed by atoms with Gasteiger partial charge in [0.1, 0.15) is 0 Å². The first-order chi connectivity index (χ1) is 24.1. The van der Waals surface area contributed by atoms with Gasteiger partial charge in [-0.15, -0.1) is 0 Å². The molecule has 1 N–H and O–H groups in total. The molecule has 1 amide bonds. The SMILES string of the molecule is Cc1c(-c2ccnn2-c2ccc(C#N)cc2)n(C(=O)CC[C@H]2CC23CCC(CNC(=O)C[N+](C)(C)C)CC3)c(=O)n1-c1cccc(C(F)(F)F)c1. The van der Waals surface area contributed by atoms with Gasteiger partial charge in [-0.2, -0.15) is 23.5 Å². The van der Waals surface area contributed by atoms with Crippen molar-refractivity contribution < 1.29 is 27.2 Å². The van der Waals surface area contributed by atoms with Crippen molar-refractivity contribution in [2.45, 2.75) is 58.0 Å². The Hall–Kier alpha value is -4.96. The Labute approximate surface area is 294 Å². The third-order valence-corrected chi connectivity index (χ3v) is 10.5. The first-order valence-electron chi connectivity index (χ1n) is 17.3. The average Bonchev–Trinajstić information content (AvgIpc) is 3.38. The Bertz CT molecular complexity index is 2040. The Morgan fingerprint density at radius 1 is 1.06 bits per heavy atom. The van der Waals surface area contributed by atoms with E-state index in [1.807, 2.05) is 21.1 Å². The number of halogens is 3. The molecule has 2 aromatic heterocycles. The number of hydrogen-bond acceptors (Lipinski definition) is 5. The number of aromatic nitrogens is 4. The summed E-state index contributed by atoms with van der Waals surface area (Å²) >= 11 is 0. The van der Waals surface area contributed by atoms with E-state index in [4.69, 9.17) is 0 Å². The maximum absolute atomic E-state index is 14.1. The highest BCUT2D eigenvalue weighted by Gasteiger charge is 2.54. The average molecular weight is 703 g/mol. The summed E-state index contributed by atoms with van der Waals surface area (Å²) in [7, 11) is 5.95. The highest BCUT2D eigenvalue weighted by atomic mass is 19.4. The molecule has 2 fully saturated rings. The van der Waals surface area contributed by atoms with Crippen molar-refractivity contribution in [1.82, 2.24) is 24.2 Å². The number of nitriles is 1. The molecular weight excluding hydrogens is 659 g/mol. The number of hydrogen-bond donors (Lipinski definition) is 1. The van der Waals surface area contributed by atoms with E-state index in [0.29, 0.717) is 52.8 Å². The molecule has 2 aliphatic rings. The third kappa shape index (κ3) is 7.56. The molecule has 2 saturated carbocycles.